The van der Waals surface area contributed by atoms with E-state index in [-0.39, 0.29) is 12.8 Å². The monoisotopic (exact) mass is 1170 g/mol. The van der Waals surface area contributed by atoms with Crippen LogP contribution in [0.3, 0.4) is 0 Å². The third-order valence-corrected chi connectivity index (χ3v) is 12.6. The second kappa shape index (κ2) is 30.5. The van der Waals surface area contributed by atoms with E-state index in [1.165, 1.54) is 20.8 Å². The average molecular weight is 1170 g/mol. The zero-order valence-electron chi connectivity index (χ0n) is 41.3. The molecule has 0 aromatic rings. The Hall–Kier alpha value is -6.67. The molecule has 0 aliphatic heterocycles. The summed E-state index contributed by atoms with van der Waals surface area (Å²) in [5.74, 6) is -70.7. The van der Waals surface area contributed by atoms with Gasteiger partial charge in [-0.1, -0.05) is 27.7 Å². The molecule has 0 fully saturated rings. The van der Waals surface area contributed by atoms with Gasteiger partial charge in [0.1, 0.15) is 0 Å². The molecule has 11 unspecified atom stereocenters. The molecule has 0 aliphatic carbocycles. The number of carboxylic acids is 10. The predicted octanol–water partition coefficient (Wildman–Crippen LogP) is 6.95. The first kappa shape index (κ1) is 73.4. The number of halogens is 12. The van der Waals surface area contributed by atoms with Crippen molar-refractivity contribution in [1.82, 2.24) is 0 Å². The van der Waals surface area contributed by atoms with Gasteiger partial charge in [0.2, 0.25) is 0 Å². The lowest BCUT2D eigenvalue weighted by Crippen LogP contribution is -2.69. The SMILES string of the molecule is CCC(C)C(=O)OCC(F)(F)C(F)(F)C(F)(F)C(F)(F)C(F)(F)C(F)F.CCC(CC(CC(CC(CC(CC(CC(CC(CC(CC(C)C(=O)O)C(=O)O)C(=O)O)C(=O)O)C(=O)O)C(=O)O)C(=O)O)C(=O)O)C(=O)O)C(=O)O. The molecule has 78 heavy (non-hydrogen) atoms. The Bertz CT molecular complexity index is 2130. The zero-order valence-corrected chi connectivity index (χ0v) is 41.3. The van der Waals surface area contributed by atoms with Crippen LogP contribution in [-0.4, -0.2) is 159 Å². The Morgan fingerprint density at radius 3 is 0.795 bits per heavy atom. The molecule has 0 rings (SSSR count). The Morgan fingerprint density at radius 1 is 0.346 bits per heavy atom. The number of ether oxygens (including phenoxy) is 1. The molecule has 0 bridgehead atoms. The maximum absolute atomic E-state index is 13.3. The highest BCUT2D eigenvalue weighted by molar-refractivity contribution is 5.80. The highest BCUT2D eigenvalue weighted by Gasteiger charge is 2.88. The minimum Gasteiger partial charge on any atom is -0.481 e. The minimum atomic E-state index is -7.62. The fourth-order valence-electron chi connectivity index (χ4n) is 7.43. The Balaban J connectivity index is 0. The Morgan fingerprint density at radius 2 is 0.590 bits per heavy atom. The number of carbonyl (C=O) groups excluding carboxylic acids is 1. The van der Waals surface area contributed by atoms with E-state index in [4.69, 9.17) is 5.11 Å². The van der Waals surface area contributed by atoms with Gasteiger partial charge in [-0.3, -0.25) is 52.7 Å². The quantitative estimate of drug-likeness (QED) is 0.0221. The van der Waals surface area contributed by atoms with Gasteiger partial charge in [0, 0.05) is 0 Å². The van der Waals surface area contributed by atoms with Crippen molar-refractivity contribution in [2.45, 2.75) is 134 Å². The summed E-state index contributed by atoms with van der Waals surface area (Å²) >= 11 is 0. The Kier molecular flexibility index (Phi) is 28.7. The molecule has 0 aliphatic rings. The van der Waals surface area contributed by atoms with Crippen LogP contribution >= 0.6 is 0 Å². The maximum Gasteiger partial charge on any atom is 0.384 e. The van der Waals surface area contributed by atoms with Crippen LogP contribution in [0.4, 0.5) is 52.7 Å². The third kappa shape index (κ3) is 20.6. The maximum atomic E-state index is 13.3. The number of aliphatic carboxylic acids is 10. The van der Waals surface area contributed by atoms with Crippen LogP contribution in [0, 0.1) is 65.1 Å². The first-order chi connectivity index (χ1) is 35.2. The van der Waals surface area contributed by atoms with Gasteiger partial charge >= 0.3 is 102 Å². The fourth-order valence-corrected chi connectivity index (χ4v) is 7.43. The lowest BCUT2D eigenvalue weighted by atomic mass is 9.77. The van der Waals surface area contributed by atoms with E-state index in [1.54, 1.807) is 0 Å². The van der Waals surface area contributed by atoms with E-state index in [0.717, 1.165) is 6.92 Å². The van der Waals surface area contributed by atoms with E-state index >= 15 is 0 Å². The van der Waals surface area contributed by atoms with Gasteiger partial charge in [0.15, 0.2) is 6.61 Å². The molecule has 0 spiro atoms. The summed E-state index contributed by atoms with van der Waals surface area (Å²) in [6.45, 7) is 2.16. The standard InChI is InChI=1S/C32H46O20.C12H12F12O2/c1-3-14(24(35)36)5-16(26(39)40)7-18(28(43)44)9-20(30(47)48)11-22(32(51)52)12-21(31(49)50)10-19(29(45)46)8-17(27(41)42)6-15(25(37)38)4-13(2)23(33)34;1-3-5(2)6(25)26-4-8(15,16)10(19,20)12(23,24)11(21,22)9(17,18)7(13)14/h13-22H,3-12H2,1-2H3,(H,33,34)(H,35,36)(H,37,38)(H,39,40)(H,41,42)(H,43,44)(H,45,46)(H,47,48)(H,49,50)(H,51,52);5,7H,3-4H2,1-2H3. The van der Waals surface area contributed by atoms with E-state index in [2.05, 4.69) is 4.74 Å². The van der Waals surface area contributed by atoms with Crippen LogP contribution in [0.1, 0.15) is 98.3 Å². The summed E-state index contributed by atoms with van der Waals surface area (Å²) in [7, 11) is 0. The molecule has 22 nitrogen and oxygen atoms in total. The zero-order chi connectivity index (χ0) is 62.0. The van der Waals surface area contributed by atoms with Crippen molar-refractivity contribution < 1.29 is 161 Å². The van der Waals surface area contributed by atoms with Gasteiger partial charge in [-0.25, -0.2) is 8.78 Å². The molecule has 34 heteroatoms. The lowest BCUT2D eigenvalue weighted by molar-refractivity contribution is -0.414. The van der Waals surface area contributed by atoms with Crippen molar-refractivity contribution in [2.75, 3.05) is 6.61 Å². The van der Waals surface area contributed by atoms with E-state index < -0.39 is 231 Å². The highest BCUT2D eigenvalue weighted by Crippen LogP contribution is 2.58. The molecular weight excluding hydrogens is 1110 g/mol. The number of alkyl halides is 12. The van der Waals surface area contributed by atoms with Crippen molar-refractivity contribution >= 4 is 65.7 Å². The van der Waals surface area contributed by atoms with Crippen LogP contribution < -0.4 is 0 Å². The first-order valence-electron chi connectivity index (χ1n) is 22.9. The van der Waals surface area contributed by atoms with Crippen LogP contribution in [0.2, 0.25) is 0 Å². The summed E-state index contributed by atoms with van der Waals surface area (Å²) in [6, 6.07) is 0. The van der Waals surface area contributed by atoms with Gasteiger partial charge in [0.05, 0.1) is 65.1 Å². The number of hydrogen-bond donors (Lipinski definition) is 10. The summed E-state index contributed by atoms with van der Waals surface area (Å²) in [6.07, 6.45) is -12.4. The average Bonchev–Trinajstić information content (AvgIpc) is 3.30. The lowest BCUT2D eigenvalue weighted by Gasteiger charge is -2.38. The highest BCUT2D eigenvalue weighted by atomic mass is 19.4. The van der Waals surface area contributed by atoms with E-state index in [0.29, 0.717) is 0 Å². The first-order valence-corrected chi connectivity index (χ1v) is 22.9. The molecule has 11 atom stereocenters. The van der Waals surface area contributed by atoms with Crippen molar-refractivity contribution in [3.05, 3.63) is 0 Å². The smallest absolute Gasteiger partial charge is 0.384 e. The largest absolute Gasteiger partial charge is 0.481 e. The normalized spacial score (nSPS) is 16.7. The summed E-state index contributed by atoms with van der Waals surface area (Å²) in [5.41, 5.74) is 0. The third-order valence-electron chi connectivity index (χ3n) is 12.6. The van der Waals surface area contributed by atoms with E-state index in [9.17, 15) is 151 Å². The van der Waals surface area contributed by atoms with Crippen molar-refractivity contribution in [1.29, 1.82) is 0 Å². The topological polar surface area (TPSA) is 399 Å². The molecule has 0 saturated carbocycles. The van der Waals surface area contributed by atoms with Crippen molar-refractivity contribution in [2.24, 2.45) is 65.1 Å². The molecule has 0 amide bonds. The summed E-state index contributed by atoms with van der Waals surface area (Å²) < 4.78 is 158. The molecule has 0 heterocycles. The number of carboxylic acid groups (broad SMARTS) is 10. The van der Waals surface area contributed by atoms with Crippen molar-refractivity contribution in [3.63, 3.8) is 0 Å². The van der Waals surface area contributed by atoms with Gasteiger partial charge < -0.3 is 55.8 Å². The van der Waals surface area contributed by atoms with E-state index in [1.807, 2.05) is 0 Å². The molecule has 0 aromatic carbocycles. The number of hydrogen-bond acceptors (Lipinski definition) is 12. The predicted molar refractivity (Wildman–Crippen MR) is 230 cm³/mol. The van der Waals surface area contributed by atoms with Gasteiger partial charge in [-0.15, -0.1) is 0 Å². The molecule has 10 N–H and O–H groups in total. The molecule has 0 aromatic heterocycles. The number of carbonyl (C=O) groups is 11. The Labute approximate surface area is 432 Å². The second-order valence-corrected chi connectivity index (χ2v) is 18.4. The van der Waals surface area contributed by atoms with Crippen molar-refractivity contribution in [3.8, 4) is 0 Å². The van der Waals surface area contributed by atoms with Crippen LogP contribution in [-0.2, 0) is 57.5 Å². The molecule has 450 valence electrons. The summed E-state index contributed by atoms with van der Waals surface area (Å²) in [4.78, 5) is 130. The number of esters is 1. The molecular formula is C44H58F12O22. The number of rotatable bonds is 38. The van der Waals surface area contributed by atoms with Crippen LogP contribution in [0.5, 0.6) is 0 Å². The van der Waals surface area contributed by atoms with Crippen LogP contribution in [0.15, 0.2) is 0 Å². The minimum absolute atomic E-state index is 0.00819. The summed E-state index contributed by atoms with van der Waals surface area (Å²) in [5, 5.41) is 96.4. The van der Waals surface area contributed by atoms with Crippen LogP contribution in [0.25, 0.3) is 0 Å². The molecule has 0 saturated heterocycles. The second-order valence-electron chi connectivity index (χ2n) is 18.4. The van der Waals surface area contributed by atoms with Gasteiger partial charge in [-0.2, -0.15) is 43.9 Å². The van der Waals surface area contributed by atoms with Gasteiger partial charge in [-0.05, 0) is 70.6 Å². The van der Waals surface area contributed by atoms with Gasteiger partial charge in [0.25, 0.3) is 0 Å². The molecule has 0 radical (unpaired) electrons. The fraction of sp³-hybridized carbons (Fsp3) is 0.750.